The molecule has 0 spiro atoms. The number of aliphatic carboxylic acids is 1. The molecule has 0 aliphatic heterocycles. The fourth-order valence-electron chi connectivity index (χ4n) is 3.30. The second-order valence-electron chi connectivity index (χ2n) is 8.20. The van der Waals surface area contributed by atoms with Crippen LogP contribution in [0.5, 0.6) is 0 Å². The highest BCUT2D eigenvalue weighted by Gasteiger charge is 2.57. The highest BCUT2D eigenvalue weighted by atomic mass is 17.3. The predicted octanol–water partition coefficient (Wildman–Crippen LogP) is 0.869. The molecule has 0 aromatic rings. The fourth-order valence-corrected chi connectivity index (χ4v) is 3.30. The molecule has 0 heterocycles. The minimum Gasteiger partial charge on any atom is -0.477 e. The van der Waals surface area contributed by atoms with Gasteiger partial charge < -0.3 is 25.8 Å². The maximum atomic E-state index is 12.9. The van der Waals surface area contributed by atoms with E-state index in [1.807, 2.05) is 0 Å². The summed E-state index contributed by atoms with van der Waals surface area (Å²) in [6.07, 6.45) is 7.46. The zero-order valence-electron chi connectivity index (χ0n) is 19.2. The second kappa shape index (κ2) is 16.3. The third-order valence-corrected chi connectivity index (χ3v) is 5.42. The molecular formula is C21H40N2O10. The first kappa shape index (κ1) is 29.7. The topological polar surface area (TPSA) is 193 Å². The number of carbonyl (C=O) groups is 2. The second-order valence-corrected chi connectivity index (χ2v) is 8.20. The molecule has 0 amide bonds. The number of hydrogen-bond acceptors (Lipinski definition) is 11. The number of aliphatic hydroxyl groups excluding tert-OH is 2. The molecule has 194 valence electrons. The van der Waals surface area contributed by atoms with Crippen molar-refractivity contribution in [3.63, 3.8) is 0 Å². The van der Waals surface area contributed by atoms with E-state index in [-0.39, 0.29) is 32.8 Å². The van der Waals surface area contributed by atoms with E-state index >= 15 is 0 Å². The van der Waals surface area contributed by atoms with Gasteiger partial charge in [-0.3, -0.25) is 5.73 Å². The number of carbonyl (C=O) groups excluding carboxylic acids is 1. The standard InChI is InChI=1S/C21H40N2O10/c22-17-11-5-6-12-20(17,23)31-19(28)21(18(26)27,32-29-15-9-3-1-7-13-24)33-30-16-10-4-2-8-14-25/h17,24-25H,1-16,22-23H2,(H,26,27)/t17-,20+/m1/s1. The smallest absolute Gasteiger partial charge is 0.423 e. The van der Waals surface area contributed by atoms with Gasteiger partial charge in [0.25, 0.3) is 0 Å². The van der Waals surface area contributed by atoms with Gasteiger partial charge in [-0.25, -0.2) is 19.4 Å². The largest absolute Gasteiger partial charge is 0.477 e. The Morgan fingerprint density at radius 3 is 1.85 bits per heavy atom. The molecule has 1 fully saturated rings. The highest BCUT2D eigenvalue weighted by molar-refractivity contribution is 6.00. The van der Waals surface area contributed by atoms with Gasteiger partial charge in [-0.1, -0.05) is 32.1 Å². The number of carboxylic acids is 1. The number of unbranched alkanes of at least 4 members (excludes halogenated alkanes) is 6. The molecule has 1 aliphatic rings. The normalized spacial score (nSPS) is 21.2. The molecule has 12 nitrogen and oxygen atoms in total. The molecule has 0 bridgehead atoms. The third kappa shape index (κ3) is 10.2. The molecule has 0 unspecified atom stereocenters. The third-order valence-electron chi connectivity index (χ3n) is 5.42. The molecule has 1 rings (SSSR count). The Morgan fingerprint density at radius 2 is 1.39 bits per heavy atom. The number of hydrogen-bond donors (Lipinski definition) is 5. The maximum Gasteiger partial charge on any atom is 0.423 e. The van der Waals surface area contributed by atoms with E-state index in [0.717, 1.165) is 19.3 Å². The molecule has 1 aliphatic carbocycles. The average Bonchev–Trinajstić information content (AvgIpc) is 2.78. The van der Waals surface area contributed by atoms with Crippen LogP contribution >= 0.6 is 0 Å². The van der Waals surface area contributed by atoms with Crippen molar-refractivity contribution in [2.45, 2.75) is 94.6 Å². The summed E-state index contributed by atoms with van der Waals surface area (Å²) < 4.78 is 5.31. The first-order valence-corrected chi connectivity index (χ1v) is 11.7. The van der Waals surface area contributed by atoms with Gasteiger partial charge in [-0.15, -0.1) is 0 Å². The van der Waals surface area contributed by atoms with Crippen molar-refractivity contribution in [3.05, 3.63) is 0 Å². The Balaban J connectivity index is 2.77. The van der Waals surface area contributed by atoms with Gasteiger partial charge in [0.2, 0.25) is 0 Å². The van der Waals surface area contributed by atoms with Crippen molar-refractivity contribution in [2.24, 2.45) is 11.5 Å². The van der Waals surface area contributed by atoms with Gasteiger partial charge in [-0.2, -0.15) is 9.78 Å². The number of rotatable bonds is 19. The minimum atomic E-state index is -3.04. The van der Waals surface area contributed by atoms with Crippen LogP contribution < -0.4 is 11.5 Å². The Morgan fingerprint density at radius 1 is 0.879 bits per heavy atom. The van der Waals surface area contributed by atoms with Crippen LogP contribution in [0.4, 0.5) is 0 Å². The summed E-state index contributed by atoms with van der Waals surface area (Å²) in [5.41, 5.74) is 10.6. The van der Waals surface area contributed by atoms with Gasteiger partial charge in [0.05, 0.1) is 19.3 Å². The SMILES string of the molecule is N[C@@H]1CCCC[C@]1(N)OC(=O)C(OOCCCCCCO)(OOCCCCCCO)C(=O)O. The zero-order chi connectivity index (χ0) is 24.6. The first-order chi connectivity index (χ1) is 15.8. The summed E-state index contributed by atoms with van der Waals surface area (Å²) in [6.45, 7) is 0.121. The minimum absolute atomic E-state index is 0.0223. The van der Waals surface area contributed by atoms with Crippen LogP contribution in [0.3, 0.4) is 0 Å². The van der Waals surface area contributed by atoms with Crippen LogP contribution in [-0.2, 0) is 33.9 Å². The molecule has 1 saturated carbocycles. The Kier molecular flexibility index (Phi) is 14.6. The van der Waals surface area contributed by atoms with Crippen molar-refractivity contribution in [3.8, 4) is 0 Å². The van der Waals surface area contributed by atoms with Gasteiger partial charge in [0, 0.05) is 19.6 Å². The number of nitrogens with two attached hydrogens (primary N) is 2. The lowest BCUT2D eigenvalue weighted by atomic mass is 9.88. The van der Waals surface area contributed by atoms with E-state index in [9.17, 15) is 14.7 Å². The molecule has 0 radical (unpaired) electrons. The van der Waals surface area contributed by atoms with E-state index in [1.165, 1.54) is 0 Å². The lowest BCUT2D eigenvalue weighted by Crippen LogP contribution is -2.63. The highest BCUT2D eigenvalue weighted by Crippen LogP contribution is 2.29. The molecule has 0 aromatic carbocycles. The summed E-state index contributed by atoms with van der Waals surface area (Å²) >= 11 is 0. The molecule has 7 N–H and O–H groups in total. The lowest BCUT2D eigenvalue weighted by molar-refractivity contribution is -0.485. The van der Waals surface area contributed by atoms with Gasteiger partial charge in [0.15, 0.2) is 5.72 Å². The van der Waals surface area contributed by atoms with Crippen LogP contribution in [0.15, 0.2) is 0 Å². The summed E-state index contributed by atoms with van der Waals surface area (Å²) in [7, 11) is 0. The van der Waals surface area contributed by atoms with E-state index in [2.05, 4.69) is 0 Å². The Hall–Kier alpha value is -1.38. The summed E-state index contributed by atoms with van der Waals surface area (Å²) in [6, 6.07) is -0.679. The Labute approximate surface area is 194 Å². The van der Waals surface area contributed by atoms with Crippen molar-refractivity contribution < 1.29 is 49.2 Å². The lowest BCUT2D eigenvalue weighted by Gasteiger charge is -2.39. The van der Waals surface area contributed by atoms with Crippen LogP contribution in [0, 0.1) is 0 Å². The average molecular weight is 481 g/mol. The van der Waals surface area contributed by atoms with Crippen molar-refractivity contribution in [1.29, 1.82) is 0 Å². The summed E-state index contributed by atoms with van der Waals surface area (Å²) in [5.74, 6) is -6.31. The molecule has 0 aromatic heterocycles. The molecule has 2 atom stereocenters. The number of esters is 1. The molecular weight excluding hydrogens is 440 g/mol. The first-order valence-electron chi connectivity index (χ1n) is 11.7. The number of aliphatic hydroxyl groups is 2. The zero-order valence-corrected chi connectivity index (χ0v) is 19.2. The van der Waals surface area contributed by atoms with Gasteiger partial charge in [0.1, 0.15) is 0 Å². The van der Waals surface area contributed by atoms with Crippen molar-refractivity contribution in [1.82, 2.24) is 0 Å². The van der Waals surface area contributed by atoms with E-state index < -0.39 is 29.5 Å². The maximum absolute atomic E-state index is 12.9. The molecule has 12 heteroatoms. The molecule has 33 heavy (non-hydrogen) atoms. The van der Waals surface area contributed by atoms with E-state index in [0.29, 0.717) is 51.4 Å². The Bertz CT molecular complexity index is 547. The molecule has 0 saturated heterocycles. The van der Waals surface area contributed by atoms with Gasteiger partial charge in [-0.05, 0) is 38.5 Å². The number of carboxylic acid groups (broad SMARTS) is 1. The van der Waals surface area contributed by atoms with Crippen LogP contribution in [0.1, 0.15) is 77.0 Å². The summed E-state index contributed by atoms with van der Waals surface area (Å²) in [5, 5.41) is 27.4. The fraction of sp³-hybridized carbons (Fsp3) is 0.905. The van der Waals surface area contributed by atoms with Gasteiger partial charge >= 0.3 is 17.7 Å². The van der Waals surface area contributed by atoms with E-state index in [1.54, 1.807) is 0 Å². The van der Waals surface area contributed by atoms with Crippen molar-refractivity contribution in [2.75, 3.05) is 26.4 Å². The van der Waals surface area contributed by atoms with Crippen LogP contribution in [0.25, 0.3) is 0 Å². The monoisotopic (exact) mass is 480 g/mol. The van der Waals surface area contributed by atoms with Crippen molar-refractivity contribution >= 4 is 11.9 Å². The van der Waals surface area contributed by atoms with Crippen LogP contribution in [-0.4, -0.2) is 71.2 Å². The predicted molar refractivity (Wildman–Crippen MR) is 115 cm³/mol. The quantitative estimate of drug-likeness (QED) is 0.0438. The van der Waals surface area contributed by atoms with Crippen LogP contribution in [0.2, 0.25) is 0 Å². The van der Waals surface area contributed by atoms with E-state index in [4.69, 9.17) is 46.0 Å². The number of ether oxygens (including phenoxy) is 1. The summed E-state index contributed by atoms with van der Waals surface area (Å²) in [4.78, 5) is 44.8.